The number of amides is 1. The van der Waals surface area contributed by atoms with E-state index in [9.17, 15) is 19.5 Å². The Morgan fingerprint density at radius 3 is 2.67 bits per heavy atom. The molecule has 0 spiro atoms. The topological polar surface area (TPSA) is 112 Å². The second kappa shape index (κ2) is 8.61. The van der Waals surface area contributed by atoms with Gasteiger partial charge in [-0.3, -0.25) is 14.4 Å². The first-order chi connectivity index (χ1) is 15.7. The number of rotatable bonds is 7. The van der Waals surface area contributed by atoms with E-state index in [0.29, 0.717) is 18.1 Å². The predicted octanol–water partition coefficient (Wildman–Crippen LogP) is 3.80. The van der Waals surface area contributed by atoms with E-state index in [1.807, 2.05) is 19.1 Å². The Labute approximate surface area is 191 Å². The number of phenolic OH excluding ortho intramolecular Hbond substituents is 1. The van der Waals surface area contributed by atoms with E-state index >= 15 is 0 Å². The quantitative estimate of drug-likeness (QED) is 0.372. The van der Waals surface area contributed by atoms with Gasteiger partial charge in [-0.1, -0.05) is 26.0 Å². The average molecular weight is 450 g/mol. The molecule has 8 heteroatoms. The van der Waals surface area contributed by atoms with Crippen LogP contribution in [0.25, 0.3) is 6.08 Å². The fraction of sp³-hybridized carbons (Fsp3) is 0.320. The van der Waals surface area contributed by atoms with Crippen molar-refractivity contribution in [2.45, 2.75) is 32.7 Å². The number of fused-ring (bicyclic) bond motifs is 1. The minimum absolute atomic E-state index is 0.0491. The molecule has 2 aromatic carbocycles. The molecule has 33 heavy (non-hydrogen) atoms. The minimum atomic E-state index is -0.688. The van der Waals surface area contributed by atoms with Crippen LogP contribution in [-0.2, 0) is 6.42 Å². The summed E-state index contributed by atoms with van der Waals surface area (Å²) in [7, 11) is 3.16. The molecule has 1 amide bonds. The maximum Gasteiger partial charge on any atom is 0.257 e. The standard InChI is InChI=1S/C25H27N3O5/c1-5-16(19-12-14-11-13(2)9-10-18(14)33-19)26-20-21(24(31)23(20)30)27-17-8-6-7-15(22(17)29)25(32)28(3)4/h6-10,12-13,16,26-27,29H,5,11H2,1-4H3. The van der Waals surface area contributed by atoms with Crippen LogP contribution < -0.4 is 21.5 Å². The van der Waals surface area contributed by atoms with Crippen LogP contribution in [-0.4, -0.2) is 30.0 Å². The van der Waals surface area contributed by atoms with Gasteiger partial charge in [-0.25, -0.2) is 0 Å². The number of carbonyl (C=O) groups is 1. The minimum Gasteiger partial charge on any atom is -0.505 e. The van der Waals surface area contributed by atoms with E-state index in [0.717, 1.165) is 17.7 Å². The molecule has 1 aliphatic rings. The lowest BCUT2D eigenvalue weighted by molar-refractivity contribution is 0.0824. The van der Waals surface area contributed by atoms with Crippen LogP contribution in [0.15, 0.2) is 44.3 Å². The number of furan rings is 1. The van der Waals surface area contributed by atoms with Crippen molar-refractivity contribution < 1.29 is 14.3 Å². The summed E-state index contributed by atoms with van der Waals surface area (Å²) in [5.74, 6) is 1.28. The second-order valence-corrected chi connectivity index (χ2v) is 8.62. The van der Waals surface area contributed by atoms with Crippen molar-refractivity contribution in [1.82, 2.24) is 4.90 Å². The van der Waals surface area contributed by atoms with Crippen molar-refractivity contribution in [2.75, 3.05) is 24.7 Å². The smallest absolute Gasteiger partial charge is 0.257 e. The molecule has 1 aromatic heterocycles. The molecule has 3 aromatic rings. The zero-order valence-corrected chi connectivity index (χ0v) is 19.1. The normalized spacial score (nSPS) is 15.8. The van der Waals surface area contributed by atoms with Gasteiger partial charge in [0.05, 0.1) is 17.3 Å². The number of nitrogens with zero attached hydrogens (tertiary/aromatic N) is 1. The highest BCUT2D eigenvalue weighted by molar-refractivity contribution is 5.99. The summed E-state index contributed by atoms with van der Waals surface area (Å²) in [6.07, 6.45) is 5.58. The molecular weight excluding hydrogens is 422 g/mol. The zero-order valence-electron chi connectivity index (χ0n) is 19.1. The first-order valence-corrected chi connectivity index (χ1v) is 10.9. The molecule has 172 valence electrons. The van der Waals surface area contributed by atoms with Crippen LogP contribution in [0.3, 0.4) is 0 Å². The third-order valence-electron chi connectivity index (χ3n) is 5.89. The number of aromatic hydroxyl groups is 1. The number of hydrogen-bond donors (Lipinski definition) is 3. The van der Waals surface area contributed by atoms with Crippen molar-refractivity contribution in [3.8, 4) is 5.75 Å². The Hall–Kier alpha value is -3.81. The van der Waals surface area contributed by atoms with Gasteiger partial charge in [0.15, 0.2) is 5.75 Å². The summed E-state index contributed by atoms with van der Waals surface area (Å²) >= 11 is 0. The molecule has 0 radical (unpaired) electrons. The molecule has 4 rings (SSSR count). The molecule has 0 aliphatic heterocycles. The average Bonchev–Trinajstić information content (AvgIpc) is 3.21. The SMILES string of the molecule is CCC(Nc1c(Nc2cccc(C(=O)N(C)C)c2O)c(=O)c1=O)c1cc2c(o1)C=CC(C)C2. The Balaban J connectivity index is 1.60. The molecule has 0 saturated carbocycles. The highest BCUT2D eigenvalue weighted by Gasteiger charge is 2.27. The summed E-state index contributed by atoms with van der Waals surface area (Å²) in [5, 5.41) is 16.5. The Bertz CT molecular complexity index is 1310. The summed E-state index contributed by atoms with van der Waals surface area (Å²) < 4.78 is 6.01. The Kier molecular flexibility index (Phi) is 5.84. The van der Waals surface area contributed by atoms with Gasteiger partial charge in [-0.15, -0.1) is 0 Å². The number of hydrogen-bond acceptors (Lipinski definition) is 7. The number of para-hydroxylation sites is 1. The first-order valence-electron chi connectivity index (χ1n) is 10.9. The van der Waals surface area contributed by atoms with Gasteiger partial charge in [0.2, 0.25) is 0 Å². The molecule has 3 N–H and O–H groups in total. The molecular formula is C25H27N3O5. The van der Waals surface area contributed by atoms with E-state index in [1.165, 1.54) is 17.0 Å². The molecule has 0 saturated heterocycles. The molecule has 2 atom stereocenters. The van der Waals surface area contributed by atoms with E-state index < -0.39 is 10.9 Å². The maximum atomic E-state index is 12.4. The van der Waals surface area contributed by atoms with Crippen LogP contribution in [0.2, 0.25) is 0 Å². The lowest BCUT2D eigenvalue weighted by atomic mass is 9.95. The van der Waals surface area contributed by atoms with Gasteiger partial charge in [-0.05, 0) is 48.6 Å². The zero-order chi connectivity index (χ0) is 23.9. The first kappa shape index (κ1) is 22.4. The third kappa shape index (κ3) is 4.04. The number of phenols is 1. The third-order valence-corrected chi connectivity index (χ3v) is 5.89. The van der Waals surface area contributed by atoms with Crippen LogP contribution >= 0.6 is 0 Å². The summed E-state index contributed by atoms with van der Waals surface area (Å²) in [6, 6.07) is 6.31. The fourth-order valence-electron chi connectivity index (χ4n) is 3.99. The summed E-state index contributed by atoms with van der Waals surface area (Å²) in [4.78, 5) is 38.3. The van der Waals surface area contributed by atoms with Crippen LogP contribution in [0.4, 0.5) is 17.1 Å². The fourth-order valence-corrected chi connectivity index (χ4v) is 3.99. The van der Waals surface area contributed by atoms with Crippen LogP contribution in [0, 0.1) is 5.92 Å². The maximum absolute atomic E-state index is 12.4. The highest BCUT2D eigenvalue weighted by atomic mass is 16.3. The van der Waals surface area contributed by atoms with Crippen molar-refractivity contribution in [1.29, 1.82) is 0 Å². The van der Waals surface area contributed by atoms with E-state index in [2.05, 4.69) is 23.6 Å². The van der Waals surface area contributed by atoms with E-state index in [-0.39, 0.29) is 40.3 Å². The van der Waals surface area contributed by atoms with Crippen LogP contribution in [0.1, 0.15) is 53.8 Å². The summed E-state index contributed by atoms with van der Waals surface area (Å²) in [6.45, 7) is 4.10. The Morgan fingerprint density at radius 2 is 1.97 bits per heavy atom. The number of allylic oxidation sites excluding steroid dienone is 1. The van der Waals surface area contributed by atoms with Crippen molar-refractivity contribution in [3.05, 3.63) is 73.4 Å². The molecule has 8 nitrogen and oxygen atoms in total. The number of carbonyl (C=O) groups excluding carboxylic acids is 1. The number of anilines is 3. The van der Waals surface area contributed by atoms with Gasteiger partial charge in [0.1, 0.15) is 22.9 Å². The Morgan fingerprint density at radius 1 is 1.24 bits per heavy atom. The monoisotopic (exact) mass is 449 g/mol. The van der Waals surface area contributed by atoms with Gasteiger partial charge < -0.3 is 25.1 Å². The summed E-state index contributed by atoms with van der Waals surface area (Å²) in [5.41, 5.74) is 0.233. The number of benzene rings is 1. The number of nitrogens with one attached hydrogen (secondary N) is 2. The van der Waals surface area contributed by atoms with Crippen molar-refractivity contribution in [2.24, 2.45) is 5.92 Å². The lowest BCUT2D eigenvalue weighted by Crippen LogP contribution is -2.37. The lowest BCUT2D eigenvalue weighted by Gasteiger charge is -2.21. The molecule has 0 fully saturated rings. The van der Waals surface area contributed by atoms with Gasteiger partial charge in [0.25, 0.3) is 16.8 Å². The van der Waals surface area contributed by atoms with Gasteiger partial charge in [-0.2, -0.15) is 0 Å². The molecule has 0 bridgehead atoms. The van der Waals surface area contributed by atoms with Crippen LogP contribution in [0.5, 0.6) is 5.75 Å². The molecule has 2 unspecified atom stereocenters. The van der Waals surface area contributed by atoms with E-state index in [4.69, 9.17) is 4.42 Å². The largest absolute Gasteiger partial charge is 0.505 e. The molecule has 1 aliphatic carbocycles. The van der Waals surface area contributed by atoms with Gasteiger partial charge in [0, 0.05) is 14.1 Å². The van der Waals surface area contributed by atoms with E-state index in [1.54, 1.807) is 20.2 Å². The van der Waals surface area contributed by atoms with Gasteiger partial charge >= 0.3 is 0 Å². The molecule has 1 heterocycles. The predicted molar refractivity (Wildman–Crippen MR) is 128 cm³/mol. The van der Waals surface area contributed by atoms with Crippen molar-refractivity contribution in [3.63, 3.8) is 0 Å². The van der Waals surface area contributed by atoms with Crippen molar-refractivity contribution >= 4 is 29.0 Å². The highest BCUT2D eigenvalue weighted by Crippen LogP contribution is 2.35. The second-order valence-electron chi connectivity index (χ2n) is 8.62.